The second-order valence-corrected chi connectivity index (χ2v) is 5.02. The summed E-state index contributed by atoms with van der Waals surface area (Å²) in [4.78, 5) is 4.46. The Labute approximate surface area is 106 Å². The highest BCUT2D eigenvalue weighted by Gasteiger charge is 2.07. The van der Waals surface area contributed by atoms with E-state index in [4.69, 9.17) is 0 Å². The molecule has 0 radical (unpaired) electrons. The second kappa shape index (κ2) is 5.42. The van der Waals surface area contributed by atoms with E-state index in [1.54, 1.807) is 11.3 Å². The average Bonchev–Trinajstić information content (AvgIpc) is 2.86. The highest BCUT2D eigenvalue weighted by atomic mass is 32.1. The van der Waals surface area contributed by atoms with Crippen molar-refractivity contribution in [3.8, 4) is 0 Å². The van der Waals surface area contributed by atoms with Gasteiger partial charge in [0.2, 0.25) is 0 Å². The van der Waals surface area contributed by atoms with Gasteiger partial charge in [0, 0.05) is 28.9 Å². The number of thiazole rings is 1. The van der Waals surface area contributed by atoms with Crippen molar-refractivity contribution < 1.29 is 0 Å². The first-order valence-electron chi connectivity index (χ1n) is 5.83. The van der Waals surface area contributed by atoms with Gasteiger partial charge in [-0.05, 0) is 20.4 Å². The Balaban J connectivity index is 2.09. The molecule has 17 heavy (non-hydrogen) atoms. The number of nitrogens with one attached hydrogen (secondary N) is 1. The number of nitrogens with zero attached hydrogens (tertiary/aromatic N) is 3. The molecule has 0 aromatic carbocycles. The molecule has 0 aliphatic carbocycles. The van der Waals surface area contributed by atoms with Gasteiger partial charge in [0.05, 0.1) is 12.7 Å². The summed E-state index contributed by atoms with van der Waals surface area (Å²) in [5.74, 6) is 0. The Morgan fingerprint density at radius 2 is 2.24 bits per heavy atom. The summed E-state index contributed by atoms with van der Waals surface area (Å²) in [7, 11) is 0. The zero-order valence-corrected chi connectivity index (χ0v) is 11.3. The first-order chi connectivity index (χ1) is 8.20. The standard InChI is InChI=1S/C12H18N4S/c1-4-13-5-11-6-14-16(10(11)3)7-12-15-9(2)8-17-12/h6,8,13H,4-5,7H2,1-3H3. The molecule has 1 N–H and O–H groups in total. The maximum atomic E-state index is 4.46. The van der Waals surface area contributed by atoms with E-state index in [1.165, 1.54) is 11.3 Å². The van der Waals surface area contributed by atoms with E-state index in [0.717, 1.165) is 30.3 Å². The molecule has 92 valence electrons. The smallest absolute Gasteiger partial charge is 0.114 e. The summed E-state index contributed by atoms with van der Waals surface area (Å²) in [5.41, 5.74) is 3.57. The fourth-order valence-electron chi connectivity index (χ4n) is 1.68. The lowest BCUT2D eigenvalue weighted by atomic mass is 10.2. The van der Waals surface area contributed by atoms with Gasteiger partial charge >= 0.3 is 0 Å². The monoisotopic (exact) mass is 250 g/mol. The Morgan fingerprint density at radius 1 is 1.41 bits per heavy atom. The molecular formula is C12H18N4S. The van der Waals surface area contributed by atoms with E-state index >= 15 is 0 Å². The van der Waals surface area contributed by atoms with E-state index in [-0.39, 0.29) is 0 Å². The number of rotatable bonds is 5. The van der Waals surface area contributed by atoms with Crippen LogP contribution in [0.5, 0.6) is 0 Å². The molecule has 0 saturated carbocycles. The Kier molecular flexibility index (Phi) is 3.91. The van der Waals surface area contributed by atoms with Crippen molar-refractivity contribution in [3.05, 3.63) is 33.5 Å². The predicted octanol–water partition coefficient (Wildman–Crippen LogP) is 2.11. The van der Waals surface area contributed by atoms with Gasteiger partial charge in [-0.1, -0.05) is 6.92 Å². The molecule has 0 aliphatic rings. The molecule has 4 nitrogen and oxygen atoms in total. The van der Waals surface area contributed by atoms with E-state index in [9.17, 15) is 0 Å². The molecule has 0 saturated heterocycles. The lowest BCUT2D eigenvalue weighted by Gasteiger charge is -2.03. The SMILES string of the molecule is CCNCc1cnn(Cc2nc(C)cs2)c1C. The maximum Gasteiger partial charge on any atom is 0.114 e. The Hall–Kier alpha value is -1.20. The summed E-state index contributed by atoms with van der Waals surface area (Å²) in [6, 6.07) is 0. The van der Waals surface area contributed by atoms with E-state index in [2.05, 4.69) is 34.6 Å². The van der Waals surface area contributed by atoms with Crippen LogP contribution >= 0.6 is 11.3 Å². The number of hydrogen-bond donors (Lipinski definition) is 1. The topological polar surface area (TPSA) is 42.7 Å². The fraction of sp³-hybridized carbons (Fsp3) is 0.500. The maximum absolute atomic E-state index is 4.46. The molecule has 0 atom stereocenters. The van der Waals surface area contributed by atoms with Crippen molar-refractivity contribution in [1.82, 2.24) is 20.1 Å². The highest BCUT2D eigenvalue weighted by Crippen LogP contribution is 2.13. The molecular weight excluding hydrogens is 232 g/mol. The van der Waals surface area contributed by atoms with Crippen molar-refractivity contribution in [1.29, 1.82) is 0 Å². The summed E-state index contributed by atoms with van der Waals surface area (Å²) < 4.78 is 2.02. The molecule has 2 aromatic rings. The van der Waals surface area contributed by atoms with Crippen molar-refractivity contribution in [2.24, 2.45) is 0 Å². The predicted molar refractivity (Wildman–Crippen MR) is 70.3 cm³/mol. The minimum Gasteiger partial charge on any atom is -0.313 e. The van der Waals surface area contributed by atoms with E-state index in [0.29, 0.717) is 0 Å². The molecule has 0 bridgehead atoms. The number of aryl methyl sites for hydroxylation is 1. The van der Waals surface area contributed by atoms with Crippen LogP contribution in [0.1, 0.15) is 28.9 Å². The average molecular weight is 250 g/mol. The summed E-state index contributed by atoms with van der Waals surface area (Å²) in [6.45, 7) is 8.89. The van der Waals surface area contributed by atoms with Crippen molar-refractivity contribution in [2.75, 3.05) is 6.54 Å². The molecule has 2 aromatic heterocycles. The normalized spacial score (nSPS) is 11.0. The first-order valence-corrected chi connectivity index (χ1v) is 6.71. The van der Waals surface area contributed by atoms with Crippen LogP contribution in [0, 0.1) is 13.8 Å². The van der Waals surface area contributed by atoms with Crippen molar-refractivity contribution in [2.45, 2.75) is 33.9 Å². The van der Waals surface area contributed by atoms with E-state index in [1.807, 2.05) is 17.8 Å². The van der Waals surface area contributed by atoms with Gasteiger partial charge in [0.25, 0.3) is 0 Å². The minimum absolute atomic E-state index is 0.774. The lowest BCUT2D eigenvalue weighted by Crippen LogP contribution is -2.12. The van der Waals surface area contributed by atoms with Crippen LogP contribution in [0.2, 0.25) is 0 Å². The zero-order chi connectivity index (χ0) is 12.3. The van der Waals surface area contributed by atoms with Crippen LogP contribution in [-0.2, 0) is 13.1 Å². The largest absolute Gasteiger partial charge is 0.313 e. The first kappa shape index (κ1) is 12.3. The summed E-state index contributed by atoms with van der Waals surface area (Å²) in [5, 5.41) is 10.9. The summed E-state index contributed by atoms with van der Waals surface area (Å²) >= 11 is 1.69. The van der Waals surface area contributed by atoms with Crippen molar-refractivity contribution >= 4 is 11.3 Å². The number of aromatic nitrogens is 3. The third-order valence-electron chi connectivity index (χ3n) is 2.72. The molecule has 2 rings (SSSR count). The second-order valence-electron chi connectivity index (χ2n) is 4.08. The van der Waals surface area contributed by atoms with Gasteiger partial charge in [-0.2, -0.15) is 5.10 Å². The van der Waals surface area contributed by atoms with Gasteiger partial charge in [0.15, 0.2) is 0 Å². The zero-order valence-electron chi connectivity index (χ0n) is 10.5. The minimum atomic E-state index is 0.774. The van der Waals surface area contributed by atoms with E-state index < -0.39 is 0 Å². The lowest BCUT2D eigenvalue weighted by molar-refractivity contribution is 0.655. The Morgan fingerprint density at radius 3 is 2.88 bits per heavy atom. The van der Waals surface area contributed by atoms with Gasteiger partial charge in [-0.3, -0.25) is 4.68 Å². The third kappa shape index (κ3) is 2.92. The van der Waals surface area contributed by atoms with Crippen LogP contribution in [0.3, 0.4) is 0 Å². The molecule has 2 heterocycles. The molecule has 0 spiro atoms. The van der Waals surface area contributed by atoms with Crippen LogP contribution in [0.25, 0.3) is 0 Å². The van der Waals surface area contributed by atoms with Gasteiger partial charge < -0.3 is 5.32 Å². The van der Waals surface area contributed by atoms with Gasteiger partial charge in [-0.25, -0.2) is 4.98 Å². The van der Waals surface area contributed by atoms with Crippen LogP contribution in [0.15, 0.2) is 11.6 Å². The van der Waals surface area contributed by atoms with Gasteiger partial charge in [0.1, 0.15) is 5.01 Å². The molecule has 0 fully saturated rings. The quantitative estimate of drug-likeness (QED) is 0.884. The third-order valence-corrected chi connectivity index (χ3v) is 3.67. The fourth-order valence-corrected chi connectivity index (χ4v) is 2.43. The van der Waals surface area contributed by atoms with Crippen LogP contribution in [0.4, 0.5) is 0 Å². The van der Waals surface area contributed by atoms with Crippen LogP contribution < -0.4 is 5.32 Å². The van der Waals surface area contributed by atoms with Crippen LogP contribution in [-0.4, -0.2) is 21.3 Å². The highest BCUT2D eigenvalue weighted by molar-refractivity contribution is 7.09. The molecule has 0 aliphatic heterocycles. The molecule has 5 heteroatoms. The Bertz CT molecular complexity index is 486. The summed E-state index contributed by atoms with van der Waals surface area (Å²) in [6.07, 6.45) is 1.94. The van der Waals surface area contributed by atoms with Gasteiger partial charge in [-0.15, -0.1) is 11.3 Å². The molecule has 0 unspecified atom stereocenters. The number of hydrogen-bond acceptors (Lipinski definition) is 4. The molecule has 0 amide bonds. The van der Waals surface area contributed by atoms with Crippen molar-refractivity contribution in [3.63, 3.8) is 0 Å².